The number of rotatable bonds is 4. The zero-order chi connectivity index (χ0) is 15.2. The average molecular weight is 287 g/mol. The van der Waals surface area contributed by atoms with Gasteiger partial charge in [0.2, 0.25) is 0 Å². The van der Waals surface area contributed by atoms with Gasteiger partial charge in [-0.05, 0) is 23.3 Å². The first-order valence-electron chi connectivity index (χ1n) is 7.18. The standard InChI is InChI=1S/C19H17N3/c1-22-19(15-13-17-10-6-3-7-11-17)20-18(21-22)14-12-16-8-4-2-5-9-16/h2-15H,1H3/b14-12+,15-13+. The summed E-state index contributed by atoms with van der Waals surface area (Å²) in [7, 11) is 1.90. The molecule has 108 valence electrons. The highest BCUT2D eigenvalue weighted by Crippen LogP contribution is 2.08. The van der Waals surface area contributed by atoms with Crippen molar-refractivity contribution in [2.24, 2.45) is 7.05 Å². The van der Waals surface area contributed by atoms with Crippen molar-refractivity contribution < 1.29 is 0 Å². The summed E-state index contributed by atoms with van der Waals surface area (Å²) in [5.41, 5.74) is 2.28. The van der Waals surface area contributed by atoms with Crippen LogP contribution in [0.25, 0.3) is 24.3 Å². The molecule has 0 saturated heterocycles. The molecule has 3 aromatic rings. The highest BCUT2D eigenvalue weighted by atomic mass is 15.3. The van der Waals surface area contributed by atoms with E-state index < -0.39 is 0 Å². The van der Waals surface area contributed by atoms with Crippen molar-refractivity contribution in [3.05, 3.63) is 83.4 Å². The molecule has 2 aromatic carbocycles. The van der Waals surface area contributed by atoms with Gasteiger partial charge in [0, 0.05) is 7.05 Å². The smallest absolute Gasteiger partial charge is 0.174 e. The van der Waals surface area contributed by atoms with E-state index in [2.05, 4.69) is 34.3 Å². The van der Waals surface area contributed by atoms with Gasteiger partial charge in [0.15, 0.2) is 11.6 Å². The first-order chi connectivity index (χ1) is 10.8. The topological polar surface area (TPSA) is 30.7 Å². The summed E-state index contributed by atoms with van der Waals surface area (Å²) < 4.78 is 1.78. The van der Waals surface area contributed by atoms with E-state index >= 15 is 0 Å². The molecule has 0 amide bonds. The van der Waals surface area contributed by atoms with Crippen LogP contribution in [0.4, 0.5) is 0 Å². The molecule has 0 atom stereocenters. The maximum absolute atomic E-state index is 4.52. The predicted octanol–water partition coefficient (Wildman–Crippen LogP) is 4.16. The molecule has 0 aliphatic rings. The zero-order valence-corrected chi connectivity index (χ0v) is 12.4. The van der Waals surface area contributed by atoms with Crippen LogP contribution in [0.15, 0.2) is 60.7 Å². The summed E-state index contributed by atoms with van der Waals surface area (Å²) in [5, 5.41) is 4.41. The minimum atomic E-state index is 0.707. The highest BCUT2D eigenvalue weighted by Gasteiger charge is 2.01. The maximum Gasteiger partial charge on any atom is 0.174 e. The molecule has 1 aromatic heterocycles. The molecular formula is C19H17N3. The fraction of sp³-hybridized carbons (Fsp3) is 0.0526. The highest BCUT2D eigenvalue weighted by molar-refractivity contribution is 5.69. The van der Waals surface area contributed by atoms with Crippen LogP contribution in [-0.2, 0) is 7.05 Å². The van der Waals surface area contributed by atoms with Gasteiger partial charge in [-0.15, -0.1) is 0 Å². The molecule has 3 rings (SSSR count). The Morgan fingerprint density at radius 3 is 1.86 bits per heavy atom. The zero-order valence-electron chi connectivity index (χ0n) is 12.4. The van der Waals surface area contributed by atoms with E-state index in [0.717, 1.165) is 17.0 Å². The molecule has 0 aliphatic carbocycles. The molecular weight excluding hydrogens is 270 g/mol. The van der Waals surface area contributed by atoms with Crippen molar-refractivity contribution in [2.45, 2.75) is 0 Å². The van der Waals surface area contributed by atoms with Gasteiger partial charge in [-0.3, -0.25) is 0 Å². The van der Waals surface area contributed by atoms with Crippen LogP contribution >= 0.6 is 0 Å². The van der Waals surface area contributed by atoms with E-state index in [-0.39, 0.29) is 0 Å². The first-order valence-corrected chi connectivity index (χ1v) is 7.18. The minimum absolute atomic E-state index is 0.707. The van der Waals surface area contributed by atoms with Gasteiger partial charge >= 0.3 is 0 Å². The molecule has 3 heteroatoms. The Hall–Kier alpha value is -2.94. The second kappa shape index (κ2) is 6.68. The van der Waals surface area contributed by atoms with E-state index in [4.69, 9.17) is 0 Å². The van der Waals surface area contributed by atoms with Gasteiger partial charge in [-0.2, -0.15) is 5.10 Å². The number of aromatic nitrogens is 3. The summed E-state index contributed by atoms with van der Waals surface area (Å²) in [4.78, 5) is 4.52. The summed E-state index contributed by atoms with van der Waals surface area (Å²) in [5.74, 6) is 1.54. The minimum Gasteiger partial charge on any atom is -0.249 e. The van der Waals surface area contributed by atoms with Crippen LogP contribution in [0.1, 0.15) is 22.8 Å². The van der Waals surface area contributed by atoms with Crippen molar-refractivity contribution in [1.29, 1.82) is 0 Å². The van der Waals surface area contributed by atoms with Crippen molar-refractivity contribution in [1.82, 2.24) is 14.8 Å². The Morgan fingerprint density at radius 2 is 1.27 bits per heavy atom. The Bertz CT molecular complexity index is 784. The van der Waals surface area contributed by atoms with E-state index in [0.29, 0.717) is 5.82 Å². The van der Waals surface area contributed by atoms with Crippen LogP contribution < -0.4 is 0 Å². The van der Waals surface area contributed by atoms with E-state index in [1.165, 1.54) is 0 Å². The molecule has 0 spiro atoms. The monoisotopic (exact) mass is 287 g/mol. The van der Waals surface area contributed by atoms with Crippen molar-refractivity contribution >= 4 is 24.3 Å². The van der Waals surface area contributed by atoms with Crippen LogP contribution in [-0.4, -0.2) is 14.8 Å². The summed E-state index contributed by atoms with van der Waals surface area (Å²) >= 11 is 0. The Morgan fingerprint density at radius 1 is 0.727 bits per heavy atom. The fourth-order valence-electron chi connectivity index (χ4n) is 2.10. The van der Waals surface area contributed by atoms with Crippen molar-refractivity contribution in [3.63, 3.8) is 0 Å². The number of aryl methyl sites for hydroxylation is 1. The van der Waals surface area contributed by atoms with E-state index in [1.54, 1.807) is 4.68 Å². The third-order valence-electron chi connectivity index (χ3n) is 3.26. The molecule has 0 bridgehead atoms. The van der Waals surface area contributed by atoms with Gasteiger partial charge in [0.1, 0.15) is 0 Å². The van der Waals surface area contributed by atoms with Crippen LogP contribution in [0.5, 0.6) is 0 Å². The van der Waals surface area contributed by atoms with E-state index in [1.807, 2.05) is 67.7 Å². The number of hydrogen-bond acceptors (Lipinski definition) is 2. The Balaban J connectivity index is 1.76. The predicted molar refractivity (Wildman–Crippen MR) is 91.7 cm³/mol. The third kappa shape index (κ3) is 3.58. The van der Waals surface area contributed by atoms with Crippen LogP contribution in [0, 0.1) is 0 Å². The molecule has 0 radical (unpaired) electrons. The van der Waals surface area contributed by atoms with Crippen molar-refractivity contribution in [2.75, 3.05) is 0 Å². The van der Waals surface area contributed by atoms with E-state index in [9.17, 15) is 0 Å². The molecule has 0 saturated carbocycles. The number of nitrogens with zero attached hydrogens (tertiary/aromatic N) is 3. The second-order valence-corrected chi connectivity index (χ2v) is 4.94. The SMILES string of the molecule is Cn1nc(/C=C/c2ccccc2)nc1/C=C/c1ccccc1. The molecule has 1 heterocycles. The van der Waals surface area contributed by atoms with Gasteiger partial charge in [-0.1, -0.05) is 72.8 Å². The van der Waals surface area contributed by atoms with Gasteiger partial charge in [-0.25, -0.2) is 9.67 Å². The second-order valence-electron chi connectivity index (χ2n) is 4.94. The Labute approximate surface area is 130 Å². The molecule has 3 nitrogen and oxygen atoms in total. The lowest BCUT2D eigenvalue weighted by Crippen LogP contribution is -1.93. The largest absolute Gasteiger partial charge is 0.249 e. The summed E-state index contributed by atoms with van der Waals surface area (Å²) in [6.07, 6.45) is 7.95. The molecule has 0 unspecified atom stereocenters. The van der Waals surface area contributed by atoms with Crippen LogP contribution in [0.2, 0.25) is 0 Å². The Kier molecular flexibility index (Phi) is 4.25. The lowest BCUT2D eigenvalue weighted by molar-refractivity contribution is 0.755. The van der Waals surface area contributed by atoms with Gasteiger partial charge in [0.05, 0.1) is 0 Å². The number of hydrogen-bond donors (Lipinski definition) is 0. The average Bonchev–Trinajstić information content (AvgIpc) is 2.93. The fourth-order valence-corrected chi connectivity index (χ4v) is 2.10. The third-order valence-corrected chi connectivity index (χ3v) is 3.26. The molecule has 0 aliphatic heterocycles. The lowest BCUT2D eigenvalue weighted by Gasteiger charge is -1.92. The normalized spacial score (nSPS) is 11.5. The molecule has 22 heavy (non-hydrogen) atoms. The van der Waals surface area contributed by atoms with Crippen molar-refractivity contribution in [3.8, 4) is 0 Å². The van der Waals surface area contributed by atoms with Gasteiger partial charge < -0.3 is 0 Å². The molecule has 0 fully saturated rings. The quantitative estimate of drug-likeness (QED) is 0.721. The summed E-state index contributed by atoms with van der Waals surface area (Å²) in [6, 6.07) is 20.3. The maximum atomic E-state index is 4.52. The lowest BCUT2D eigenvalue weighted by atomic mass is 10.2. The molecule has 0 N–H and O–H groups in total. The summed E-state index contributed by atoms with van der Waals surface area (Å²) in [6.45, 7) is 0. The number of benzene rings is 2. The first kappa shape index (κ1) is 14.0. The van der Waals surface area contributed by atoms with Gasteiger partial charge in [0.25, 0.3) is 0 Å². The van der Waals surface area contributed by atoms with Crippen LogP contribution in [0.3, 0.4) is 0 Å².